The Labute approximate surface area is 200 Å². The minimum absolute atomic E-state index is 0.218. The Kier molecular flexibility index (Phi) is 6.99. The summed E-state index contributed by atoms with van der Waals surface area (Å²) in [5, 5.41) is 3.50. The number of anilines is 2. The van der Waals surface area contributed by atoms with Crippen molar-refractivity contribution in [3.63, 3.8) is 0 Å². The van der Waals surface area contributed by atoms with Gasteiger partial charge in [0.1, 0.15) is 5.76 Å². The smallest absolute Gasteiger partial charge is 0.260 e. The van der Waals surface area contributed by atoms with Crippen LogP contribution in [0.1, 0.15) is 37.8 Å². The zero-order valence-electron chi connectivity index (χ0n) is 19.2. The highest BCUT2D eigenvalue weighted by atomic mass is 35.5. The Morgan fingerprint density at radius 3 is 2.39 bits per heavy atom. The summed E-state index contributed by atoms with van der Waals surface area (Å²) in [6.07, 6.45) is 5.58. The topological polar surface area (TPSA) is 54.5 Å². The Bertz CT molecular complexity index is 1170. The molecule has 0 unspecified atom stereocenters. The molecule has 3 aromatic rings. The van der Waals surface area contributed by atoms with Crippen LogP contribution in [-0.4, -0.2) is 31.1 Å². The molecule has 0 atom stereocenters. The summed E-state index contributed by atoms with van der Waals surface area (Å²) in [5.74, 6) is 0.266. The first-order valence-corrected chi connectivity index (χ1v) is 11.6. The monoisotopic (exact) mass is 461 g/mol. The SMILES string of the molecule is CCCN(CCC)c1ccc(-c2cc3c(cc2Cl)NC(=O)C3=C(OC)c2cccnc2)cc1. The molecule has 1 aliphatic rings. The van der Waals surface area contributed by atoms with E-state index >= 15 is 0 Å². The molecule has 1 N–H and O–H groups in total. The zero-order chi connectivity index (χ0) is 23.4. The molecule has 170 valence electrons. The summed E-state index contributed by atoms with van der Waals surface area (Å²) in [7, 11) is 1.56. The molecule has 4 rings (SSSR count). The van der Waals surface area contributed by atoms with E-state index in [2.05, 4.69) is 53.3 Å². The second kappa shape index (κ2) is 10.1. The first kappa shape index (κ1) is 22.9. The number of methoxy groups -OCH3 is 1. The summed E-state index contributed by atoms with van der Waals surface area (Å²) in [6.45, 7) is 6.45. The van der Waals surface area contributed by atoms with Crippen LogP contribution in [0.5, 0.6) is 0 Å². The van der Waals surface area contributed by atoms with E-state index in [0.717, 1.165) is 48.2 Å². The summed E-state index contributed by atoms with van der Waals surface area (Å²) in [5.41, 5.74) is 5.74. The van der Waals surface area contributed by atoms with Crippen molar-refractivity contribution in [1.82, 2.24) is 4.98 Å². The number of rotatable bonds is 8. The average molecular weight is 462 g/mol. The van der Waals surface area contributed by atoms with Crippen molar-refractivity contribution in [2.75, 3.05) is 30.4 Å². The Balaban J connectivity index is 1.77. The van der Waals surface area contributed by atoms with Crippen molar-refractivity contribution in [3.8, 4) is 11.1 Å². The number of hydrogen-bond acceptors (Lipinski definition) is 4. The molecule has 1 amide bonds. The van der Waals surface area contributed by atoms with E-state index < -0.39 is 0 Å². The van der Waals surface area contributed by atoms with Gasteiger partial charge < -0.3 is 15.0 Å². The third kappa shape index (κ3) is 4.60. The van der Waals surface area contributed by atoms with Gasteiger partial charge in [0.25, 0.3) is 5.91 Å². The van der Waals surface area contributed by atoms with Gasteiger partial charge in [0.05, 0.1) is 23.4 Å². The molecular formula is C27H28ClN3O2. The van der Waals surface area contributed by atoms with Gasteiger partial charge in [-0.05, 0) is 54.8 Å². The number of ether oxygens (including phenoxy) is 1. The molecule has 5 nitrogen and oxygen atoms in total. The van der Waals surface area contributed by atoms with E-state index in [1.54, 1.807) is 19.5 Å². The maximum atomic E-state index is 12.9. The molecule has 33 heavy (non-hydrogen) atoms. The number of carbonyl (C=O) groups is 1. The predicted molar refractivity (Wildman–Crippen MR) is 136 cm³/mol. The lowest BCUT2D eigenvalue weighted by Gasteiger charge is -2.24. The molecule has 1 aromatic heterocycles. The maximum absolute atomic E-state index is 12.9. The van der Waals surface area contributed by atoms with Gasteiger partial charge in [-0.15, -0.1) is 0 Å². The van der Waals surface area contributed by atoms with E-state index in [9.17, 15) is 4.79 Å². The Morgan fingerprint density at radius 2 is 1.79 bits per heavy atom. The second-order valence-electron chi connectivity index (χ2n) is 8.02. The van der Waals surface area contributed by atoms with Gasteiger partial charge in [-0.2, -0.15) is 0 Å². The van der Waals surface area contributed by atoms with Gasteiger partial charge in [-0.1, -0.05) is 37.6 Å². The van der Waals surface area contributed by atoms with Gasteiger partial charge in [0, 0.05) is 47.9 Å². The molecule has 0 fully saturated rings. The number of carbonyl (C=O) groups excluding carboxylic acids is 1. The van der Waals surface area contributed by atoms with E-state index in [1.165, 1.54) is 5.69 Å². The molecule has 2 aromatic carbocycles. The largest absolute Gasteiger partial charge is 0.495 e. The van der Waals surface area contributed by atoms with Crippen molar-refractivity contribution >= 4 is 40.2 Å². The number of hydrogen-bond donors (Lipinski definition) is 1. The molecule has 1 aliphatic heterocycles. The number of nitrogens with zero attached hydrogens (tertiary/aromatic N) is 2. The molecule has 0 saturated heterocycles. The first-order valence-electron chi connectivity index (χ1n) is 11.3. The molecule has 0 radical (unpaired) electrons. The van der Waals surface area contributed by atoms with Crippen LogP contribution in [0.2, 0.25) is 5.02 Å². The Morgan fingerprint density at radius 1 is 1.06 bits per heavy atom. The van der Waals surface area contributed by atoms with Crippen LogP contribution in [0.4, 0.5) is 11.4 Å². The van der Waals surface area contributed by atoms with Gasteiger partial charge >= 0.3 is 0 Å². The maximum Gasteiger partial charge on any atom is 0.260 e. The summed E-state index contributed by atoms with van der Waals surface area (Å²) < 4.78 is 5.65. The number of halogens is 1. The molecular weight excluding hydrogens is 434 g/mol. The van der Waals surface area contributed by atoms with Crippen LogP contribution in [-0.2, 0) is 9.53 Å². The minimum Gasteiger partial charge on any atom is -0.495 e. The first-order chi connectivity index (χ1) is 16.1. The highest BCUT2D eigenvalue weighted by Crippen LogP contribution is 2.42. The van der Waals surface area contributed by atoms with Crippen molar-refractivity contribution < 1.29 is 9.53 Å². The molecule has 0 spiro atoms. The second-order valence-corrected chi connectivity index (χ2v) is 8.42. The van der Waals surface area contributed by atoms with E-state index in [4.69, 9.17) is 16.3 Å². The van der Waals surface area contributed by atoms with Crippen LogP contribution in [0.25, 0.3) is 22.5 Å². The molecule has 0 aliphatic carbocycles. The summed E-state index contributed by atoms with van der Waals surface area (Å²) >= 11 is 6.65. The molecule has 0 bridgehead atoms. The van der Waals surface area contributed by atoms with Gasteiger partial charge in [0.15, 0.2) is 0 Å². The highest BCUT2D eigenvalue weighted by molar-refractivity contribution is 6.38. The van der Waals surface area contributed by atoms with E-state index in [-0.39, 0.29) is 5.91 Å². The number of pyridine rings is 1. The van der Waals surface area contributed by atoms with Crippen molar-refractivity contribution in [1.29, 1.82) is 0 Å². The quantitative estimate of drug-likeness (QED) is 0.307. The third-order valence-electron chi connectivity index (χ3n) is 5.74. The molecule has 2 heterocycles. The van der Waals surface area contributed by atoms with Crippen molar-refractivity contribution in [2.45, 2.75) is 26.7 Å². The number of fused-ring (bicyclic) bond motifs is 1. The standard InChI is InChI=1S/C27H28ClN3O2/c1-4-13-31(14-5-2)20-10-8-18(9-11-20)21-15-22-24(16-23(21)28)30-27(32)25(22)26(33-3)19-7-6-12-29-17-19/h6-12,15-17H,4-5,13-14H2,1-3H3,(H,30,32). The van der Waals surface area contributed by atoms with Crippen LogP contribution in [0.15, 0.2) is 60.9 Å². The predicted octanol–water partition coefficient (Wildman–Crippen LogP) is 6.50. The lowest BCUT2D eigenvalue weighted by molar-refractivity contribution is -0.110. The summed E-state index contributed by atoms with van der Waals surface area (Å²) in [6, 6.07) is 15.9. The van der Waals surface area contributed by atoms with Gasteiger partial charge in [0.2, 0.25) is 0 Å². The minimum atomic E-state index is -0.218. The number of benzene rings is 2. The fourth-order valence-electron chi connectivity index (χ4n) is 4.26. The van der Waals surface area contributed by atoms with Crippen LogP contribution in [0, 0.1) is 0 Å². The van der Waals surface area contributed by atoms with Crippen molar-refractivity contribution in [2.24, 2.45) is 0 Å². The number of aromatic nitrogens is 1. The zero-order valence-corrected chi connectivity index (χ0v) is 19.9. The van der Waals surface area contributed by atoms with Crippen LogP contribution >= 0.6 is 11.6 Å². The lowest BCUT2D eigenvalue weighted by Crippen LogP contribution is -2.24. The van der Waals surface area contributed by atoms with Crippen molar-refractivity contribution in [3.05, 3.63) is 77.1 Å². The van der Waals surface area contributed by atoms with Gasteiger partial charge in [-0.25, -0.2) is 0 Å². The average Bonchev–Trinajstić information content (AvgIpc) is 3.14. The number of nitrogens with one attached hydrogen (secondary N) is 1. The van der Waals surface area contributed by atoms with E-state index in [1.807, 2.05) is 24.3 Å². The third-order valence-corrected chi connectivity index (χ3v) is 6.05. The lowest BCUT2D eigenvalue weighted by atomic mass is 9.97. The fourth-order valence-corrected chi connectivity index (χ4v) is 4.53. The Hall–Kier alpha value is -3.31. The van der Waals surface area contributed by atoms with Gasteiger partial charge in [-0.3, -0.25) is 9.78 Å². The summed E-state index contributed by atoms with van der Waals surface area (Å²) in [4.78, 5) is 19.5. The van der Waals surface area contributed by atoms with Crippen LogP contribution < -0.4 is 10.2 Å². The van der Waals surface area contributed by atoms with E-state index in [0.29, 0.717) is 22.0 Å². The fraction of sp³-hybridized carbons (Fsp3) is 0.259. The normalized spacial score (nSPS) is 14.0. The number of amides is 1. The molecule has 0 saturated carbocycles. The van der Waals surface area contributed by atoms with Crippen LogP contribution in [0.3, 0.4) is 0 Å². The molecule has 6 heteroatoms. The highest BCUT2D eigenvalue weighted by Gasteiger charge is 2.30.